The molecule has 1 heterocycles. The molecule has 9 heteroatoms. The van der Waals surface area contributed by atoms with Crippen molar-refractivity contribution in [2.45, 2.75) is 18.7 Å². The number of sulfonamides is 1. The molecular formula is C6H9N3O5S. The van der Waals surface area contributed by atoms with Crippen molar-refractivity contribution in [3.05, 3.63) is 12.2 Å². The van der Waals surface area contributed by atoms with Crippen molar-refractivity contribution in [1.29, 1.82) is 0 Å². The molecule has 1 rings (SSSR count). The number of carboxylic acid groups (broad SMARTS) is 1. The highest BCUT2D eigenvalue weighted by atomic mass is 32.2. The molecule has 0 aliphatic rings. The molecule has 0 aliphatic carbocycles. The minimum Gasteiger partial charge on any atom is -0.480 e. The monoisotopic (exact) mass is 235 g/mol. The van der Waals surface area contributed by atoms with Gasteiger partial charge < -0.3 is 9.63 Å². The van der Waals surface area contributed by atoms with Crippen molar-refractivity contribution in [1.82, 2.24) is 14.9 Å². The van der Waals surface area contributed by atoms with Gasteiger partial charge in [-0.2, -0.15) is 4.98 Å². The van der Waals surface area contributed by atoms with E-state index in [2.05, 4.69) is 14.7 Å². The lowest BCUT2D eigenvalue weighted by Crippen LogP contribution is -2.37. The van der Waals surface area contributed by atoms with Gasteiger partial charge in [0.2, 0.25) is 16.4 Å². The summed E-state index contributed by atoms with van der Waals surface area (Å²) in [6.45, 7) is 0.872. The lowest BCUT2D eigenvalue weighted by molar-refractivity contribution is -0.136. The van der Waals surface area contributed by atoms with Gasteiger partial charge in [-0.3, -0.25) is 4.79 Å². The molecule has 15 heavy (non-hydrogen) atoms. The first-order chi connectivity index (χ1) is 6.93. The second-order valence-electron chi connectivity index (χ2n) is 2.69. The lowest BCUT2D eigenvalue weighted by Gasteiger charge is -2.07. The number of carboxylic acids is 1. The molecule has 0 spiro atoms. The quantitative estimate of drug-likeness (QED) is 0.668. The number of rotatable bonds is 5. The summed E-state index contributed by atoms with van der Waals surface area (Å²) in [5, 5.41) is 10.3. The van der Waals surface area contributed by atoms with Gasteiger partial charge in [-0.15, -0.1) is 0 Å². The van der Waals surface area contributed by atoms with E-state index >= 15 is 0 Å². The van der Waals surface area contributed by atoms with Crippen LogP contribution in [0.25, 0.3) is 0 Å². The minimum absolute atomic E-state index is 0.135. The summed E-state index contributed by atoms with van der Waals surface area (Å²) in [7, 11) is -3.91. The highest BCUT2D eigenvalue weighted by Crippen LogP contribution is 1.99. The van der Waals surface area contributed by atoms with Gasteiger partial charge in [0.15, 0.2) is 11.1 Å². The predicted molar refractivity (Wildman–Crippen MR) is 47.2 cm³/mol. The second kappa shape index (κ2) is 4.36. The molecule has 1 aromatic rings. The summed E-state index contributed by atoms with van der Waals surface area (Å²) < 4.78 is 29.0. The highest BCUT2D eigenvalue weighted by Gasteiger charge is 2.27. The van der Waals surface area contributed by atoms with Crippen LogP contribution in [-0.2, 0) is 21.4 Å². The third-order valence-electron chi connectivity index (χ3n) is 1.65. The molecule has 1 aromatic heterocycles. The van der Waals surface area contributed by atoms with Crippen molar-refractivity contribution in [2.24, 2.45) is 0 Å². The summed E-state index contributed by atoms with van der Waals surface area (Å²) in [6, 6.07) is 0. The lowest BCUT2D eigenvalue weighted by atomic mass is 10.5. The fraction of sp³-hybridized carbons (Fsp3) is 0.500. The molecule has 1 atom stereocenters. The Labute approximate surface area is 85.3 Å². The van der Waals surface area contributed by atoms with Gasteiger partial charge in [-0.1, -0.05) is 5.16 Å². The van der Waals surface area contributed by atoms with Crippen molar-refractivity contribution in [3.8, 4) is 0 Å². The first-order valence-electron chi connectivity index (χ1n) is 3.90. The maximum absolute atomic E-state index is 11.3. The van der Waals surface area contributed by atoms with E-state index in [1.54, 1.807) is 0 Å². The van der Waals surface area contributed by atoms with Crippen molar-refractivity contribution in [2.75, 3.05) is 0 Å². The average Bonchev–Trinajstić information content (AvgIpc) is 2.66. The zero-order chi connectivity index (χ0) is 11.5. The van der Waals surface area contributed by atoms with E-state index in [4.69, 9.17) is 5.11 Å². The van der Waals surface area contributed by atoms with Gasteiger partial charge in [0.05, 0.1) is 6.54 Å². The number of nitrogens with one attached hydrogen (secondary N) is 1. The van der Waals surface area contributed by atoms with Crippen LogP contribution < -0.4 is 4.72 Å². The summed E-state index contributed by atoms with van der Waals surface area (Å²) >= 11 is 0. The zero-order valence-corrected chi connectivity index (χ0v) is 8.56. The number of aromatic nitrogens is 2. The van der Waals surface area contributed by atoms with Crippen LogP contribution in [0.3, 0.4) is 0 Å². The first-order valence-corrected chi connectivity index (χ1v) is 5.44. The Bertz CT molecular complexity index is 426. The number of carbonyl (C=O) groups is 1. The van der Waals surface area contributed by atoms with Crippen LogP contribution in [0, 0.1) is 0 Å². The Morgan fingerprint density at radius 3 is 2.87 bits per heavy atom. The number of nitrogens with zero attached hydrogens (tertiary/aromatic N) is 2. The normalized spacial score (nSPS) is 13.7. The van der Waals surface area contributed by atoms with Crippen LogP contribution in [0.15, 0.2) is 10.9 Å². The van der Waals surface area contributed by atoms with E-state index in [-0.39, 0.29) is 12.4 Å². The van der Waals surface area contributed by atoms with E-state index in [0.717, 1.165) is 13.3 Å². The smallest absolute Gasteiger partial charge is 0.323 e. The van der Waals surface area contributed by atoms with Crippen LogP contribution in [0.2, 0.25) is 0 Å². The Kier molecular flexibility index (Phi) is 3.37. The van der Waals surface area contributed by atoms with Gasteiger partial charge in [0, 0.05) is 0 Å². The fourth-order valence-corrected chi connectivity index (χ4v) is 1.54. The van der Waals surface area contributed by atoms with E-state index < -0.39 is 21.2 Å². The first kappa shape index (κ1) is 11.6. The molecule has 0 saturated carbocycles. The summed E-state index contributed by atoms with van der Waals surface area (Å²) in [5.74, 6) is -1.29. The van der Waals surface area contributed by atoms with E-state index in [1.165, 1.54) is 0 Å². The van der Waals surface area contributed by atoms with Crippen LogP contribution in [-0.4, -0.2) is 34.9 Å². The predicted octanol–water partition coefficient (Wildman–Crippen LogP) is -1.04. The van der Waals surface area contributed by atoms with Gasteiger partial charge in [-0.05, 0) is 6.92 Å². The van der Waals surface area contributed by atoms with Crippen LogP contribution in [0.1, 0.15) is 12.7 Å². The molecule has 84 valence electrons. The average molecular weight is 235 g/mol. The Hall–Kier alpha value is -1.48. The number of hydrogen-bond acceptors (Lipinski definition) is 6. The molecule has 0 aromatic carbocycles. The third-order valence-corrected chi connectivity index (χ3v) is 3.33. The SMILES string of the molecule is CC(C(=O)O)S(=O)(=O)NCc1ncon1. The van der Waals surface area contributed by atoms with Crippen molar-refractivity contribution >= 4 is 16.0 Å². The maximum atomic E-state index is 11.3. The van der Waals surface area contributed by atoms with Crippen LogP contribution in [0.5, 0.6) is 0 Å². The van der Waals surface area contributed by atoms with Crippen LogP contribution >= 0.6 is 0 Å². The van der Waals surface area contributed by atoms with E-state index in [1.807, 2.05) is 4.72 Å². The van der Waals surface area contributed by atoms with E-state index in [0.29, 0.717) is 0 Å². The molecule has 0 bridgehead atoms. The van der Waals surface area contributed by atoms with Crippen molar-refractivity contribution in [3.63, 3.8) is 0 Å². The topological polar surface area (TPSA) is 122 Å². The largest absolute Gasteiger partial charge is 0.480 e. The molecule has 8 nitrogen and oxygen atoms in total. The molecular weight excluding hydrogens is 226 g/mol. The molecule has 1 unspecified atom stereocenters. The Balaban J connectivity index is 2.62. The third kappa shape index (κ3) is 2.99. The Morgan fingerprint density at radius 1 is 1.73 bits per heavy atom. The summed E-state index contributed by atoms with van der Waals surface area (Å²) in [4.78, 5) is 14.0. The van der Waals surface area contributed by atoms with Gasteiger partial charge in [0.25, 0.3) is 0 Å². The second-order valence-corrected chi connectivity index (χ2v) is 4.78. The molecule has 0 amide bonds. The molecule has 0 saturated heterocycles. The fourth-order valence-electron chi connectivity index (χ4n) is 0.693. The van der Waals surface area contributed by atoms with Gasteiger partial charge in [-0.25, -0.2) is 13.1 Å². The number of aliphatic carboxylic acids is 1. The van der Waals surface area contributed by atoms with Crippen LogP contribution in [0.4, 0.5) is 0 Å². The molecule has 0 aliphatic heterocycles. The molecule has 0 radical (unpaired) electrons. The zero-order valence-electron chi connectivity index (χ0n) is 7.74. The summed E-state index contributed by atoms with van der Waals surface area (Å²) in [5.41, 5.74) is 0. The standard InChI is InChI=1S/C6H9N3O5S/c1-4(6(10)11)15(12,13)8-2-5-7-3-14-9-5/h3-4,8H,2H2,1H3,(H,10,11). The van der Waals surface area contributed by atoms with Gasteiger partial charge in [0.1, 0.15) is 0 Å². The molecule has 2 N–H and O–H groups in total. The van der Waals surface area contributed by atoms with Crippen molar-refractivity contribution < 1.29 is 22.8 Å². The van der Waals surface area contributed by atoms with E-state index in [9.17, 15) is 13.2 Å². The maximum Gasteiger partial charge on any atom is 0.323 e. The highest BCUT2D eigenvalue weighted by molar-refractivity contribution is 7.90. The van der Waals surface area contributed by atoms with Gasteiger partial charge >= 0.3 is 5.97 Å². The molecule has 0 fully saturated rings. The minimum atomic E-state index is -3.91. The Morgan fingerprint density at radius 2 is 2.40 bits per heavy atom. The number of hydrogen-bond donors (Lipinski definition) is 2. The summed E-state index contributed by atoms with van der Waals surface area (Å²) in [6.07, 6.45) is 1.05.